The van der Waals surface area contributed by atoms with Gasteiger partial charge in [0.1, 0.15) is 0 Å². The van der Waals surface area contributed by atoms with Crippen molar-refractivity contribution < 1.29 is 0 Å². The molecule has 0 radical (unpaired) electrons. The second kappa shape index (κ2) is 17.3. The predicted molar refractivity (Wildman–Crippen MR) is 294 cm³/mol. The van der Waals surface area contributed by atoms with Gasteiger partial charge in [0.25, 0.3) is 0 Å². The average Bonchev–Trinajstić information content (AvgIpc) is 3.41. The summed E-state index contributed by atoms with van der Waals surface area (Å²) in [6, 6.07) is 89.6. The van der Waals surface area contributed by atoms with Gasteiger partial charge in [0.05, 0.1) is 0 Å². The Morgan fingerprint density at radius 1 is 0.250 bits per heavy atom. The van der Waals surface area contributed by atoms with Crippen LogP contribution in [0.3, 0.4) is 0 Å². The molecule has 320 valence electrons. The zero-order valence-corrected chi connectivity index (χ0v) is 38.2. The monoisotopic (exact) mass is 864 g/mol. The molecule has 0 saturated carbocycles. The first kappa shape index (κ1) is 40.9. The molecule has 0 bridgehead atoms. The van der Waals surface area contributed by atoms with E-state index in [1.165, 1.54) is 132 Å². The molecule has 0 aromatic heterocycles. The third kappa shape index (κ3) is 7.10. The van der Waals surface area contributed by atoms with Gasteiger partial charge in [-0.3, -0.25) is 0 Å². The van der Waals surface area contributed by atoms with Gasteiger partial charge in [-0.25, -0.2) is 0 Å². The third-order valence-corrected chi connectivity index (χ3v) is 14.0. The van der Waals surface area contributed by atoms with Crippen molar-refractivity contribution >= 4 is 49.2 Å². The molecule has 12 rings (SSSR count). The van der Waals surface area contributed by atoms with Gasteiger partial charge in [-0.1, -0.05) is 249 Å². The Labute approximate surface area is 398 Å². The lowest BCUT2D eigenvalue weighted by molar-refractivity contribution is 1.44. The van der Waals surface area contributed by atoms with Crippen LogP contribution in [-0.2, 0) is 0 Å². The lowest BCUT2D eigenvalue weighted by Crippen LogP contribution is -1.94. The summed E-state index contributed by atoms with van der Waals surface area (Å²) in [6.07, 6.45) is 4.41. The second-order valence-electron chi connectivity index (χ2n) is 17.9. The van der Waals surface area contributed by atoms with Crippen LogP contribution >= 0.6 is 0 Å². The van der Waals surface area contributed by atoms with Crippen LogP contribution in [0.2, 0.25) is 0 Å². The summed E-state index contributed by atoms with van der Waals surface area (Å²) >= 11 is 0. The fraction of sp³-hybridized carbons (Fsp3) is 0.0294. The van der Waals surface area contributed by atoms with Crippen molar-refractivity contribution in [2.45, 2.75) is 13.8 Å². The topological polar surface area (TPSA) is 0 Å². The third-order valence-electron chi connectivity index (χ3n) is 14.0. The highest BCUT2D eigenvalue weighted by molar-refractivity contribution is 6.23. The molecule has 0 saturated heterocycles. The maximum Gasteiger partial charge on any atom is -0.00203 e. The Balaban J connectivity index is 1.03. The molecule has 0 aliphatic heterocycles. The van der Waals surface area contributed by atoms with Crippen molar-refractivity contribution in [2.24, 2.45) is 0 Å². The Morgan fingerprint density at radius 3 is 1.00 bits per heavy atom. The smallest absolute Gasteiger partial charge is 0.00203 e. The zero-order valence-electron chi connectivity index (χ0n) is 38.2. The number of hydrogen-bond acceptors (Lipinski definition) is 0. The molecule has 0 fully saturated rings. The van der Waals surface area contributed by atoms with Crippen molar-refractivity contribution in [1.29, 1.82) is 0 Å². The number of hydrogen-bond donors (Lipinski definition) is 0. The minimum atomic E-state index is 1.18. The van der Waals surface area contributed by atoms with Crippen LogP contribution in [0.15, 0.2) is 249 Å². The van der Waals surface area contributed by atoms with E-state index in [9.17, 15) is 0 Å². The van der Waals surface area contributed by atoms with E-state index >= 15 is 0 Å². The Hall–Kier alpha value is -8.58. The van der Waals surface area contributed by atoms with Gasteiger partial charge >= 0.3 is 0 Å². The van der Waals surface area contributed by atoms with E-state index in [2.05, 4.69) is 269 Å². The van der Waals surface area contributed by atoms with E-state index in [1.807, 2.05) is 0 Å². The largest absolute Gasteiger partial charge is 0.0870 e. The SMILES string of the molecule is C/C=C\c1c(C)cccc1-c1c2ccccc2c(-c2ccc(-c3ccc4c(-c5ccc(-c6ccccc6)cc5)c5ccccc5c(-c5ccc(-c6ccccc6)cc5)c4c3)cc2)c2ccccc12. The molecule has 68 heavy (non-hydrogen) atoms. The minimum Gasteiger partial charge on any atom is -0.0870 e. The summed E-state index contributed by atoms with van der Waals surface area (Å²) in [5.74, 6) is 0. The first-order valence-electron chi connectivity index (χ1n) is 23.7. The average molecular weight is 865 g/mol. The highest BCUT2D eigenvalue weighted by Gasteiger charge is 2.21. The minimum absolute atomic E-state index is 1.18. The van der Waals surface area contributed by atoms with Gasteiger partial charge in [0.15, 0.2) is 0 Å². The van der Waals surface area contributed by atoms with Crippen molar-refractivity contribution in [3.63, 3.8) is 0 Å². The molecular formula is C68H48. The standard InChI is InChI=1S/C68H48/c1-3-17-55-45(2)18-16-29-56(55)68-61-27-14-12-25-59(61)65(60-26-13-15-28-62(60)68)51-40-34-50(35-41-51)54-42-43-63-64(44-54)67(53-38-32-49(33-39-53)47-21-8-5-9-22-47)58-24-11-10-23-57(58)66(63)52-36-30-48(31-37-52)46-19-6-4-7-20-46/h3-44H,1-2H3/b17-3-. The number of rotatable bonds is 8. The number of fused-ring (bicyclic) bond motifs is 4. The fourth-order valence-corrected chi connectivity index (χ4v) is 10.7. The van der Waals surface area contributed by atoms with Crippen LogP contribution in [0.4, 0.5) is 0 Å². The molecule has 12 aromatic rings. The molecule has 0 N–H and O–H groups in total. The van der Waals surface area contributed by atoms with E-state index in [1.54, 1.807) is 0 Å². The zero-order chi connectivity index (χ0) is 45.6. The van der Waals surface area contributed by atoms with Crippen LogP contribution in [0.25, 0.3) is 127 Å². The molecule has 12 aromatic carbocycles. The lowest BCUT2D eigenvalue weighted by atomic mass is 9.83. The Morgan fingerprint density at radius 2 is 0.574 bits per heavy atom. The molecule has 0 atom stereocenters. The quantitative estimate of drug-likeness (QED) is 0.134. The van der Waals surface area contributed by atoms with Crippen LogP contribution in [0, 0.1) is 6.92 Å². The predicted octanol–water partition coefficient (Wildman–Crippen LogP) is 19.3. The van der Waals surface area contributed by atoms with Crippen molar-refractivity contribution in [3.05, 3.63) is 260 Å². The molecule has 0 aliphatic rings. The van der Waals surface area contributed by atoms with Crippen molar-refractivity contribution in [2.75, 3.05) is 0 Å². The second-order valence-corrected chi connectivity index (χ2v) is 17.9. The summed E-state index contributed by atoms with van der Waals surface area (Å²) in [5, 5.41) is 10.0. The summed E-state index contributed by atoms with van der Waals surface area (Å²) < 4.78 is 0. The van der Waals surface area contributed by atoms with Gasteiger partial charge < -0.3 is 0 Å². The number of aryl methyl sites for hydroxylation is 1. The van der Waals surface area contributed by atoms with Gasteiger partial charge in [-0.05, 0) is 152 Å². The molecule has 0 spiro atoms. The van der Waals surface area contributed by atoms with E-state index in [4.69, 9.17) is 0 Å². The molecule has 0 amide bonds. The fourth-order valence-electron chi connectivity index (χ4n) is 10.7. The first-order valence-corrected chi connectivity index (χ1v) is 23.7. The summed E-state index contributed by atoms with van der Waals surface area (Å²) in [6.45, 7) is 4.32. The van der Waals surface area contributed by atoms with Gasteiger partial charge in [0, 0.05) is 0 Å². The van der Waals surface area contributed by atoms with Gasteiger partial charge in [-0.2, -0.15) is 0 Å². The van der Waals surface area contributed by atoms with Crippen molar-refractivity contribution in [3.8, 4) is 77.9 Å². The molecule has 0 unspecified atom stereocenters. The first-order chi connectivity index (χ1) is 33.6. The Kier molecular flexibility index (Phi) is 10.4. The highest BCUT2D eigenvalue weighted by Crippen LogP contribution is 2.48. The van der Waals surface area contributed by atoms with E-state index in [0.717, 1.165) is 0 Å². The van der Waals surface area contributed by atoms with Crippen LogP contribution in [0.5, 0.6) is 0 Å². The van der Waals surface area contributed by atoms with Gasteiger partial charge in [-0.15, -0.1) is 0 Å². The summed E-state index contributed by atoms with van der Waals surface area (Å²) in [4.78, 5) is 0. The molecule has 0 aliphatic carbocycles. The maximum absolute atomic E-state index is 2.43. The molecule has 0 nitrogen and oxygen atoms in total. The number of allylic oxidation sites excluding steroid dienone is 1. The molecule has 0 heteroatoms. The molecule has 0 heterocycles. The number of benzene rings is 12. The van der Waals surface area contributed by atoms with E-state index < -0.39 is 0 Å². The maximum atomic E-state index is 2.43. The van der Waals surface area contributed by atoms with Crippen molar-refractivity contribution in [1.82, 2.24) is 0 Å². The van der Waals surface area contributed by atoms with E-state index in [0.29, 0.717) is 0 Å². The highest BCUT2D eigenvalue weighted by atomic mass is 14.2. The molecular weight excluding hydrogens is 817 g/mol. The van der Waals surface area contributed by atoms with Crippen LogP contribution < -0.4 is 0 Å². The van der Waals surface area contributed by atoms with Crippen LogP contribution in [0.1, 0.15) is 18.1 Å². The Bertz CT molecular complexity index is 3800. The summed E-state index contributed by atoms with van der Waals surface area (Å²) in [5.41, 5.74) is 19.7. The lowest BCUT2D eigenvalue weighted by Gasteiger charge is -2.20. The summed E-state index contributed by atoms with van der Waals surface area (Å²) in [7, 11) is 0. The van der Waals surface area contributed by atoms with Gasteiger partial charge in [0.2, 0.25) is 0 Å². The van der Waals surface area contributed by atoms with E-state index in [-0.39, 0.29) is 0 Å². The van der Waals surface area contributed by atoms with Crippen LogP contribution in [-0.4, -0.2) is 0 Å². The normalized spacial score (nSPS) is 11.6.